The van der Waals surface area contributed by atoms with Gasteiger partial charge in [-0.15, -0.1) is 0 Å². The zero-order valence-electron chi connectivity index (χ0n) is 15.8. The van der Waals surface area contributed by atoms with E-state index in [9.17, 15) is 5.11 Å². The first-order valence-electron chi connectivity index (χ1n) is 8.98. The van der Waals surface area contributed by atoms with Gasteiger partial charge < -0.3 is 9.84 Å². The number of hydrogen-bond acceptors (Lipinski definition) is 2. The molecule has 0 amide bonds. The number of hydrogen-bond donors (Lipinski definition) is 1. The maximum absolute atomic E-state index is 10.7. The van der Waals surface area contributed by atoms with E-state index >= 15 is 0 Å². The molecular formula is C21H34O2. The minimum atomic E-state index is -0.226. The molecular weight excluding hydrogens is 284 g/mol. The van der Waals surface area contributed by atoms with Crippen molar-refractivity contribution in [2.75, 3.05) is 7.11 Å². The molecule has 0 saturated heterocycles. The van der Waals surface area contributed by atoms with Gasteiger partial charge in [-0.1, -0.05) is 48.3 Å². The third-order valence-corrected chi connectivity index (χ3v) is 5.99. The van der Waals surface area contributed by atoms with E-state index in [0.29, 0.717) is 5.92 Å². The van der Waals surface area contributed by atoms with Gasteiger partial charge in [-0.3, -0.25) is 0 Å². The number of aliphatic hydroxyl groups is 1. The summed E-state index contributed by atoms with van der Waals surface area (Å²) in [7, 11) is 1.79. The Hall–Kier alpha value is -0.860. The number of methoxy groups -OCH3 is 1. The third-order valence-electron chi connectivity index (χ3n) is 5.99. The van der Waals surface area contributed by atoms with Crippen molar-refractivity contribution >= 4 is 0 Å². The van der Waals surface area contributed by atoms with Crippen LogP contribution < -0.4 is 0 Å². The summed E-state index contributed by atoms with van der Waals surface area (Å²) >= 11 is 0. The highest BCUT2D eigenvalue weighted by atomic mass is 16.5. The Kier molecular flexibility index (Phi) is 5.91. The largest absolute Gasteiger partial charge is 0.392 e. The monoisotopic (exact) mass is 318 g/mol. The first-order valence-corrected chi connectivity index (χ1v) is 8.98. The molecule has 130 valence electrons. The number of ether oxygens (including phenoxy) is 1. The Bertz CT molecular complexity index is 522. The maximum atomic E-state index is 10.7. The fourth-order valence-corrected chi connectivity index (χ4v) is 4.48. The molecule has 2 heteroatoms. The number of allylic oxidation sites excluding steroid dienone is 3. The lowest BCUT2D eigenvalue weighted by atomic mass is 9.62. The second kappa shape index (κ2) is 7.36. The predicted molar refractivity (Wildman–Crippen MR) is 97.4 cm³/mol. The second-order valence-electron chi connectivity index (χ2n) is 8.14. The zero-order chi connectivity index (χ0) is 17.2. The minimum Gasteiger partial charge on any atom is -0.392 e. The van der Waals surface area contributed by atoms with Gasteiger partial charge in [0.15, 0.2) is 0 Å². The van der Waals surface area contributed by atoms with E-state index in [1.54, 1.807) is 12.7 Å². The van der Waals surface area contributed by atoms with Crippen molar-refractivity contribution in [1.82, 2.24) is 0 Å². The van der Waals surface area contributed by atoms with Crippen molar-refractivity contribution in [3.8, 4) is 0 Å². The first-order chi connectivity index (χ1) is 10.8. The summed E-state index contributed by atoms with van der Waals surface area (Å²) in [5.41, 5.74) is 5.79. The van der Waals surface area contributed by atoms with Gasteiger partial charge in [-0.2, -0.15) is 0 Å². The molecule has 2 rings (SSSR count). The second-order valence-corrected chi connectivity index (χ2v) is 8.14. The molecule has 0 aromatic carbocycles. The molecule has 2 bridgehead atoms. The fraction of sp³-hybridized carbons (Fsp3) is 0.714. The zero-order valence-corrected chi connectivity index (χ0v) is 15.8. The molecule has 0 heterocycles. The van der Waals surface area contributed by atoms with Gasteiger partial charge in [0, 0.05) is 7.11 Å². The Labute approximate surface area is 142 Å². The molecule has 23 heavy (non-hydrogen) atoms. The first kappa shape index (κ1) is 18.5. The molecule has 2 aliphatic rings. The molecule has 2 nitrogen and oxygen atoms in total. The van der Waals surface area contributed by atoms with Crippen LogP contribution in [0.15, 0.2) is 34.4 Å². The smallest absolute Gasteiger partial charge is 0.0791 e. The van der Waals surface area contributed by atoms with Crippen LogP contribution in [-0.4, -0.2) is 24.4 Å². The van der Waals surface area contributed by atoms with Gasteiger partial charge in [0.25, 0.3) is 0 Å². The molecule has 0 spiro atoms. The number of fused-ring (bicyclic) bond motifs is 2. The predicted octanol–water partition coefficient (Wildman–Crippen LogP) is 5.19. The summed E-state index contributed by atoms with van der Waals surface area (Å²) in [5, 5.41) is 10.7. The normalized spacial score (nSPS) is 32.6. The van der Waals surface area contributed by atoms with Crippen LogP contribution in [0.5, 0.6) is 0 Å². The highest BCUT2D eigenvalue weighted by Gasteiger charge is 2.41. The van der Waals surface area contributed by atoms with Crippen LogP contribution in [0.3, 0.4) is 0 Å². The van der Waals surface area contributed by atoms with E-state index in [0.717, 1.165) is 32.1 Å². The van der Waals surface area contributed by atoms with Crippen LogP contribution in [0.25, 0.3) is 0 Å². The van der Waals surface area contributed by atoms with Crippen LogP contribution >= 0.6 is 0 Å². The third kappa shape index (κ3) is 4.16. The molecule has 0 aromatic rings. The van der Waals surface area contributed by atoms with Crippen LogP contribution in [-0.2, 0) is 4.74 Å². The van der Waals surface area contributed by atoms with E-state index < -0.39 is 0 Å². The van der Waals surface area contributed by atoms with Crippen molar-refractivity contribution in [3.05, 3.63) is 34.4 Å². The Morgan fingerprint density at radius 3 is 2.43 bits per heavy atom. The van der Waals surface area contributed by atoms with Crippen molar-refractivity contribution < 1.29 is 9.84 Å². The molecule has 1 N–H and O–H groups in total. The summed E-state index contributed by atoms with van der Waals surface area (Å²) in [4.78, 5) is 0. The number of aliphatic hydroxyl groups excluding tert-OH is 1. The average Bonchev–Trinajstić information content (AvgIpc) is 2.44. The van der Waals surface area contributed by atoms with Gasteiger partial charge in [-0.25, -0.2) is 0 Å². The summed E-state index contributed by atoms with van der Waals surface area (Å²) in [5.74, 6) is 0.306. The van der Waals surface area contributed by atoms with Crippen molar-refractivity contribution in [2.45, 2.75) is 78.9 Å². The summed E-state index contributed by atoms with van der Waals surface area (Å²) in [6, 6.07) is 0. The molecule has 0 aromatic heterocycles. The Morgan fingerprint density at radius 2 is 1.78 bits per heavy atom. The van der Waals surface area contributed by atoms with E-state index in [4.69, 9.17) is 4.74 Å². The quantitative estimate of drug-likeness (QED) is 0.674. The Morgan fingerprint density at radius 1 is 1.09 bits per heavy atom. The topological polar surface area (TPSA) is 29.5 Å². The summed E-state index contributed by atoms with van der Waals surface area (Å²) < 4.78 is 5.63. The van der Waals surface area contributed by atoms with Crippen LogP contribution in [0.4, 0.5) is 0 Å². The van der Waals surface area contributed by atoms with Crippen LogP contribution in [0, 0.1) is 11.3 Å². The van der Waals surface area contributed by atoms with Gasteiger partial charge in [0.1, 0.15) is 0 Å². The molecule has 3 unspecified atom stereocenters. The van der Waals surface area contributed by atoms with E-state index in [1.165, 1.54) is 16.7 Å². The number of rotatable bonds is 1. The standard InChI is InChI=1S/C21H34O2/c1-14-7-9-18-16(3)13-20(22)19(21(18,4)5)10-8-15(2)12-17(11-14)23-6/h8,11,17,19-20,22H,7,9-10,12-13H2,1-6H3. The van der Waals surface area contributed by atoms with Crippen molar-refractivity contribution in [3.63, 3.8) is 0 Å². The van der Waals surface area contributed by atoms with Gasteiger partial charge in [0.2, 0.25) is 0 Å². The Balaban J connectivity index is 2.41. The van der Waals surface area contributed by atoms with Gasteiger partial charge in [0.05, 0.1) is 12.2 Å². The lowest BCUT2D eigenvalue weighted by molar-refractivity contribution is 0.0379. The minimum absolute atomic E-state index is 0.0681. The van der Waals surface area contributed by atoms with E-state index in [-0.39, 0.29) is 17.6 Å². The molecule has 0 radical (unpaired) electrons. The van der Waals surface area contributed by atoms with E-state index in [1.807, 2.05) is 0 Å². The molecule has 0 saturated carbocycles. The summed E-state index contributed by atoms with van der Waals surface area (Å²) in [6.07, 6.45) is 9.47. The molecule has 3 atom stereocenters. The summed E-state index contributed by atoms with van der Waals surface area (Å²) in [6.45, 7) is 11.3. The highest BCUT2D eigenvalue weighted by Crippen LogP contribution is 2.48. The lowest BCUT2D eigenvalue weighted by Crippen LogP contribution is -2.40. The molecule has 2 aliphatic carbocycles. The highest BCUT2D eigenvalue weighted by molar-refractivity contribution is 5.28. The van der Waals surface area contributed by atoms with Gasteiger partial charge >= 0.3 is 0 Å². The van der Waals surface area contributed by atoms with Crippen molar-refractivity contribution in [2.24, 2.45) is 11.3 Å². The maximum Gasteiger partial charge on any atom is 0.0791 e. The molecule has 0 aliphatic heterocycles. The van der Waals surface area contributed by atoms with Crippen molar-refractivity contribution in [1.29, 1.82) is 0 Å². The lowest BCUT2D eigenvalue weighted by Gasteiger charge is -2.45. The van der Waals surface area contributed by atoms with Crippen LogP contribution in [0.2, 0.25) is 0 Å². The SMILES string of the molecule is COC1C=C(C)CCC2=C(C)CC(O)C(CC=C(C)C1)C2(C)C. The average molecular weight is 319 g/mol. The molecule has 0 fully saturated rings. The fourth-order valence-electron chi connectivity index (χ4n) is 4.48. The van der Waals surface area contributed by atoms with Gasteiger partial charge in [-0.05, 0) is 64.2 Å². The van der Waals surface area contributed by atoms with Crippen LogP contribution in [0.1, 0.15) is 66.7 Å². The van der Waals surface area contributed by atoms with E-state index in [2.05, 4.69) is 46.8 Å².